The summed E-state index contributed by atoms with van der Waals surface area (Å²) in [7, 11) is 0. The van der Waals surface area contributed by atoms with Gasteiger partial charge in [-0.1, -0.05) is 13.8 Å². The highest BCUT2D eigenvalue weighted by Gasteiger charge is 2.26. The second-order valence-electron chi connectivity index (χ2n) is 3.95. The van der Waals surface area contributed by atoms with Gasteiger partial charge in [0.1, 0.15) is 6.23 Å². The van der Waals surface area contributed by atoms with Gasteiger partial charge in [-0.3, -0.25) is 14.3 Å². The lowest BCUT2D eigenvalue weighted by atomic mass is 10.2. The number of ether oxygens (including phenoxy) is 1. The zero-order valence-corrected chi connectivity index (χ0v) is 11.0. The topological polar surface area (TPSA) is 84.3 Å². The largest absolute Gasteiger partial charge is 0.394 e. The van der Waals surface area contributed by atoms with Crippen LogP contribution < -0.4 is 11.2 Å². The minimum Gasteiger partial charge on any atom is -0.394 e. The molecule has 1 aromatic rings. The van der Waals surface area contributed by atoms with E-state index < -0.39 is 5.69 Å². The van der Waals surface area contributed by atoms with Crippen molar-refractivity contribution in [2.75, 3.05) is 6.61 Å². The van der Waals surface area contributed by atoms with Crippen LogP contribution in [0.3, 0.4) is 0 Å². The predicted molar refractivity (Wildman–Crippen MR) is 67.6 cm³/mol. The van der Waals surface area contributed by atoms with Crippen LogP contribution in [0, 0.1) is 6.92 Å². The lowest BCUT2D eigenvalue weighted by Gasteiger charge is -2.14. The predicted octanol–water partition coefficient (Wildman–Crippen LogP) is 0.541. The Balaban J connectivity index is 0.000000771. The van der Waals surface area contributed by atoms with Crippen molar-refractivity contribution in [3.63, 3.8) is 0 Å². The van der Waals surface area contributed by atoms with Gasteiger partial charge in [0.2, 0.25) is 0 Å². The van der Waals surface area contributed by atoms with Crippen molar-refractivity contribution in [2.45, 2.75) is 45.9 Å². The van der Waals surface area contributed by atoms with E-state index in [-0.39, 0.29) is 24.5 Å². The quantitative estimate of drug-likeness (QED) is 0.809. The fraction of sp³-hybridized carbons (Fsp3) is 0.667. The molecule has 1 aliphatic heterocycles. The van der Waals surface area contributed by atoms with E-state index >= 15 is 0 Å². The molecule has 1 fully saturated rings. The number of hydrogen-bond donors (Lipinski definition) is 2. The van der Waals surface area contributed by atoms with E-state index in [4.69, 9.17) is 9.84 Å². The van der Waals surface area contributed by atoms with Crippen LogP contribution in [0.2, 0.25) is 0 Å². The minimum atomic E-state index is -0.473. The number of aliphatic hydroxyl groups is 1. The lowest BCUT2D eigenvalue weighted by Crippen LogP contribution is -2.33. The molecule has 2 rings (SSSR count). The molecular formula is C12H20N2O4. The monoisotopic (exact) mass is 256 g/mol. The third-order valence-corrected chi connectivity index (χ3v) is 2.74. The number of aromatic amines is 1. The molecule has 0 aromatic carbocycles. The van der Waals surface area contributed by atoms with Crippen LogP contribution in [-0.4, -0.2) is 27.4 Å². The fourth-order valence-corrected chi connectivity index (χ4v) is 1.83. The number of nitrogens with one attached hydrogen (secondary N) is 1. The Hall–Kier alpha value is -1.40. The molecule has 1 aliphatic rings. The maximum Gasteiger partial charge on any atom is 0.330 e. The van der Waals surface area contributed by atoms with Crippen molar-refractivity contribution < 1.29 is 9.84 Å². The number of aromatic nitrogens is 2. The van der Waals surface area contributed by atoms with Crippen LogP contribution in [0.5, 0.6) is 0 Å². The summed E-state index contributed by atoms with van der Waals surface area (Å²) in [6, 6.07) is 0. The van der Waals surface area contributed by atoms with Gasteiger partial charge in [-0.05, 0) is 19.8 Å². The van der Waals surface area contributed by atoms with Gasteiger partial charge in [-0.15, -0.1) is 0 Å². The summed E-state index contributed by atoms with van der Waals surface area (Å²) in [6.07, 6.45) is 2.26. The second kappa shape index (κ2) is 6.51. The highest BCUT2D eigenvalue weighted by atomic mass is 16.5. The minimum absolute atomic E-state index is 0.0480. The fourth-order valence-electron chi connectivity index (χ4n) is 1.83. The average Bonchev–Trinajstić information content (AvgIpc) is 2.85. The lowest BCUT2D eigenvalue weighted by molar-refractivity contribution is -0.0247. The van der Waals surface area contributed by atoms with E-state index in [9.17, 15) is 9.59 Å². The van der Waals surface area contributed by atoms with E-state index in [1.165, 1.54) is 10.8 Å². The molecule has 0 saturated carbocycles. The molecule has 0 radical (unpaired) electrons. The molecule has 0 amide bonds. The molecule has 102 valence electrons. The number of aryl methyl sites for hydroxylation is 1. The molecule has 1 aromatic heterocycles. The SMILES string of the molecule is CC.Cc1cn(C2CCC(CO)O2)c(=O)[nH]c1=O. The van der Waals surface area contributed by atoms with Crippen molar-refractivity contribution in [1.29, 1.82) is 0 Å². The molecule has 0 bridgehead atoms. The zero-order valence-electron chi connectivity index (χ0n) is 11.0. The van der Waals surface area contributed by atoms with Gasteiger partial charge < -0.3 is 9.84 Å². The van der Waals surface area contributed by atoms with Gasteiger partial charge in [0.15, 0.2) is 0 Å². The smallest absolute Gasteiger partial charge is 0.330 e. The zero-order chi connectivity index (χ0) is 13.7. The number of rotatable bonds is 2. The Morgan fingerprint density at radius 2 is 2.11 bits per heavy atom. The molecular weight excluding hydrogens is 236 g/mol. The summed E-state index contributed by atoms with van der Waals surface area (Å²) in [4.78, 5) is 24.9. The molecule has 2 atom stereocenters. The van der Waals surface area contributed by atoms with Crippen molar-refractivity contribution in [1.82, 2.24) is 9.55 Å². The van der Waals surface area contributed by atoms with Gasteiger partial charge in [0.05, 0.1) is 12.7 Å². The molecule has 18 heavy (non-hydrogen) atoms. The number of hydrogen-bond acceptors (Lipinski definition) is 4. The Morgan fingerprint density at radius 1 is 1.44 bits per heavy atom. The van der Waals surface area contributed by atoms with Crippen LogP contribution in [0.1, 0.15) is 38.5 Å². The van der Waals surface area contributed by atoms with E-state index in [2.05, 4.69) is 4.98 Å². The van der Waals surface area contributed by atoms with Crippen LogP contribution in [0.4, 0.5) is 0 Å². The number of H-pyrrole nitrogens is 1. The maximum atomic E-state index is 11.5. The van der Waals surface area contributed by atoms with Crippen molar-refractivity contribution in [3.8, 4) is 0 Å². The molecule has 0 spiro atoms. The van der Waals surface area contributed by atoms with Crippen molar-refractivity contribution in [2.24, 2.45) is 0 Å². The van der Waals surface area contributed by atoms with Crippen LogP contribution >= 0.6 is 0 Å². The Bertz CT molecular complexity index is 492. The summed E-state index contributed by atoms with van der Waals surface area (Å²) in [5.41, 5.74) is -0.382. The highest BCUT2D eigenvalue weighted by molar-refractivity contribution is 5.01. The van der Waals surface area contributed by atoms with Gasteiger partial charge in [0.25, 0.3) is 5.56 Å². The average molecular weight is 256 g/mol. The highest BCUT2D eigenvalue weighted by Crippen LogP contribution is 2.26. The van der Waals surface area contributed by atoms with Crippen molar-refractivity contribution in [3.05, 3.63) is 32.6 Å². The van der Waals surface area contributed by atoms with E-state index in [0.717, 1.165) is 0 Å². The van der Waals surface area contributed by atoms with Gasteiger partial charge >= 0.3 is 5.69 Å². The summed E-state index contributed by atoms with van der Waals surface area (Å²) < 4.78 is 6.83. The summed E-state index contributed by atoms with van der Waals surface area (Å²) in [6.45, 7) is 5.58. The van der Waals surface area contributed by atoms with E-state index in [1.807, 2.05) is 13.8 Å². The molecule has 6 heteroatoms. The summed E-state index contributed by atoms with van der Waals surface area (Å²) >= 11 is 0. The first-order chi connectivity index (χ1) is 8.61. The molecule has 1 saturated heterocycles. The van der Waals surface area contributed by atoms with Gasteiger partial charge in [-0.2, -0.15) is 0 Å². The Morgan fingerprint density at radius 3 is 2.67 bits per heavy atom. The van der Waals surface area contributed by atoms with Crippen LogP contribution in [-0.2, 0) is 4.74 Å². The molecule has 2 heterocycles. The Labute approximate surface area is 105 Å². The summed E-state index contributed by atoms with van der Waals surface area (Å²) in [5.74, 6) is 0. The second-order valence-corrected chi connectivity index (χ2v) is 3.95. The third-order valence-electron chi connectivity index (χ3n) is 2.74. The first-order valence-corrected chi connectivity index (χ1v) is 6.20. The van der Waals surface area contributed by atoms with Crippen LogP contribution in [0.25, 0.3) is 0 Å². The van der Waals surface area contributed by atoms with Gasteiger partial charge in [0, 0.05) is 11.8 Å². The molecule has 0 aliphatic carbocycles. The van der Waals surface area contributed by atoms with E-state index in [0.29, 0.717) is 18.4 Å². The standard InChI is InChI=1S/C10H14N2O4.C2H6/c1-6-4-12(10(15)11-9(6)14)8-3-2-7(5-13)16-8;1-2/h4,7-8,13H,2-3,5H2,1H3,(H,11,14,15);1-2H3. The molecule has 2 N–H and O–H groups in total. The normalized spacial score (nSPS) is 22.4. The number of aliphatic hydroxyl groups excluding tert-OH is 1. The van der Waals surface area contributed by atoms with Crippen LogP contribution in [0.15, 0.2) is 15.8 Å². The Kier molecular flexibility index (Phi) is 5.30. The number of nitrogens with zero attached hydrogens (tertiary/aromatic N) is 1. The third kappa shape index (κ3) is 3.08. The summed E-state index contributed by atoms with van der Waals surface area (Å²) in [5, 5.41) is 8.93. The van der Waals surface area contributed by atoms with Crippen molar-refractivity contribution >= 4 is 0 Å². The molecule has 6 nitrogen and oxygen atoms in total. The van der Waals surface area contributed by atoms with E-state index in [1.54, 1.807) is 6.92 Å². The first kappa shape index (κ1) is 14.7. The van der Waals surface area contributed by atoms with Gasteiger partial charge in [-0.25, -0.2) is 4.79 Å². The molecule has 2 unspecified atom stereocenters. The first-order valence-electron chi connectivity index (χ1n) is 6.20. The maximum absolute atomic E-state index is 11.5.